The van der Waals surface area contributed by atoms with Gasteiger partial charge in [0.2, 0.25) is 5.91 Å². The Morgan fingerprint density at radius 3 is 3.00 bits per heavy atom. The number of likely N-dealkylation sites (tertiary alicyclic amines) is 1. The fourth-order valence-corrected chi connectivity index (χ4v) is 3.89. The summed E-state index contributed by atoms with van der Waals surface area (Å²) in [6.07, 6.45) is 7.82. The van der Waals surface area contributed by atoms with E-state index in [0.717, 1.165) is 44.3 Å². The maximum atomic E-state index is 13.4. The molecule has 1 aromatic carbocycles. The molecule has 2 fully saturated rings. The summed E-state index contributed by atoms with van der Waals surface area (Å²) < 4.78 is 15.3. The quantitative estimate of drug-likeness (QED) is 0.865. The lowest BCUT2D eigenvalue weighted by Gasteiger charge is -2.36. The van der Waals surface area contributed by atoms with Gasteiger partial charge in [0.15, 0.2) is 0 Å². The van der Waals surface area contributed by atoms with E-state index in [4.69, 9.17) is 0 Å². The second kappa shape index (κ2) is 6.38. The number of piperidine rings is 1. The fraction of sp³-hybridized carbons (Fsp3) is 0.474. The summed E-state index contributed by atoms with van der Waals surface area (Å²) in [4.78, 5) is 15.0. The number of carbonyl (C=O) groups excluding carboxylic acids is 1. The molecule has 1 aliphatic heterocycles. The van der Waals surface area contributed by atoms with Crippen LogP contribution in [0.2, 0.25) is 0 Å². The van der Waals surface area contributed by atoms with Crippen LogP contribution in [0.5, 0.6) is 0 Å². The largest absolute Gasteiger partial charge is 0.338 e. The van der Waals surface area contributed by atoms with Gasteiger partial charge in [-0.15, -0.1) is 0 Å². The summed E-state index contributed by atoms with van der Waals surface area (Å²) in [6.45, 7) is 1.59. The highest BCUT2D eigenvalue weighted by Gasteiger charge is 2.47. The minimum absolute atomic E-state index is 0.0185. The summed E-state index contributed by atoms with van der Waals surface area (Å²) in [5.41, 5.74) is 0.953. The molecule has 0 N–H and O–H groups in total. The number of aromatic nitrogens is 2. The summed E-state index contributed by atoms with van der Waals surface area (Å²) in [7, 11) is 0. The maximum Gasteiger partial charge on any atom is 0.226 e. The van der Waals surface area contributed by atoms with Crippen molar-refractivity contribution in [2.24, 2.45) is 5.92 Å². The van der Waals surface area contributed by atoms with Gasteiger partial charge < -0.3 is 4.90 Å². The first-order valence-electron chi connectivity index (χ1n) is 8.76. The lowest BCUT2D eigenvalue weighted by molar-refractivity contribution is -0.136. The van der Waals surface area contributed by atoms with E-state index in [0.29, 0.717) is 0 Å². The summed E-state index contributed by atoms with van der Waals surface area (Å²) >= 11 is 0. The average Bonchev–Trinajstić information content (AvgIpc) is 3.24. The van der Waals surface area contributed by atoms with Crippen molar-refractivity contribution in [3.63, 3.8) is 0 Å². The van der Waals surface area contributed by atoms with Crippen LogP contribution in [0.4, 0.5) is 4.39 Å². The van der Waals surface area contributed by atoms with Crippen LogP contribution in [-0.4, -0.2) is 33.2 Å². The molecule has 5 heteroatoms. The van der Waals surface area contributed by atoms with Crippen molar-refractivity contribution >= 4 is 5.91 Å². The molecule has 24 heavy (non-hydrogen) atoms. The standard InChI is InChI=1S/C19H22FN3O/c20-15-6-3-5-14(11-15)17-12-18(17)19(24)23-10-2-1-7-16(23)13-22-9-4-8-21-22/h3-6,8-9,11,16-18H,1-2,7,10,12-13H2. The molecule has 1 amide bonds. The molecular weight excluding hydrogens is 305 g/mol. The molecule has 2 aliphatic rings. The van der Waals surface area contributed by atoms with Gasteiger partial charge in [-0.1, -0.05) is 12.1 Å². The normalized spacial score (nSPS) is 26.4. The van der Waals surface area contributed by atoms with Crippen molar-refractivity contribution < 1.29 is 9.18 Å². The third kappa shape index (κ3) is 3.07. The van der Waals surface area contributed by atoms with Crippen molar-refractivity contribution in [1.29, 1.82) is 0 Å². The highest BCUT2D eigenvalue weighted by Crippen LogP contribution is 2.49. The maximum absolute atomic E-state index is 13.4. The minimum Gasteiger partial charge on any atom is -0.338 e. The van der Waals surface area contributed by atoms with E-state index < -0.39 is 0 Å². The van der Waals surface area contributed by atoms with Crippen molar-refractivity contribution in [1.82, 2.24) is 14.7 Å². The second-order valence-corrected chi connectivity index (χ2v) is 6.91. The van der Waals surface area contributed by atoms with Gasteiger partial charge in [0.25, 0.3) is 0 Å². The number of benzene rings is 1. The number of halogens is 1. The lowest BCUT2D eigenvalue weighted by atomic mass is 10.0. The first-order chi connectivity index (χ1) is 11.7. The van der Waals surface area contributed by atoms with Crippen molar-refractivity contribution in [3.8, 4) is 0 Å². The van der Waals surface area contributed by atoms with E-state index in [-0.39, 0.29) is 29.6 Å². The van der Waals surface area contributed by atoms with Crippen LogP contribution >= 0.6 is 0 Å². The zero-order chi connectivity index (χ0) is 16.5. The zero-order valence-corrected chi connectivity index (χ0v) is 13.6. The van der Waals surface area contributed by atoms with E-state index in [1.54, 1.807) is 18.3 Å². The first kappa shape index (κ1) is 15.4. The number of amides is 1. The van der Waals surface area contributed by atoms with Crippen LogP contribution < -0.4 is 0 Å². The van der Waals surface area contributed by atoms with E-state index in [9.17, 15) is 9.18 Å². The minimum atomic E-state index is -0.222. The van der Waals surface area contributed by atoms with Gasteiger partial charge in [0, 0.05) is 24.9 Å². The molecule has 3 unspecified atom stereocenters. The number of hydrogen-bond acceptors (Lipinski definition) is 2. The van der Waals surface area contributed by atoms with Crippen LogP contribution in [0.25, 0.3) is 0 Å². The van der Waals surface area contributed by atoms with Gasteiger partial charge >= 0.3 is 0 Å². The molecule has 3 atom stereocenters. The molecular formula is C19H22FN3O. The van der Waals surface area contributed by atoms with E-state index in [1.165, 1.54) is 6.07 Å². The Hall–Kier alpha value is -2.17. The molecule has 2 heterocycles. The topological polar surface area (TPSA) is 38.1 Å². The number of nitrogens with zero attached hydrogens (tertiary/aromatic N) is 3. The van der Waals surface area contributed by atoms with Crippen LogP contribution in [0.1, 0.15) is 37.2 Å². The van der Waals surface area contributed by atoms with Gasteiger partial charge in [-0.25, -0.2) is 4.39 Å². The van der Waals surface area contributed by atoms with Gasteiger partial charge in [-0.2, -0.15) is 5.10 Å². The Kier molecular flexibility index (Phi) is 4.08. The number of rotatable bonds is 4. The molecule has 4 rings (SSSR count). The molecule has 0 spiro atoms. The average molecular weight is 327 g/mol. The summed E-state index contributed by atoms with van der Waals surface area (Å²) in [6, 6.07) is 8.81. The third-order valence-electron chi connectivity index (χ3n) is 5.25. The smallest absolute Gasteiger partial charge is 0.226 e. The van der Waals surface area contributed by atoms with Gasteiger partial charge in [-0.05, 0) is 55.4 Å². The lowest BCUT2D eigenvalue weighted by Crippen LogP contribution is -2.46. The van der Waals surface area contributed by atoms with Gasteiger partial charge in [0.1, 0.15) is 5.82 Å². The molecule has 1 aliphatic carbocycles. The van der Waals surface area contributed by atoms with Crippen molar-refractivity contribution in [2.45, 2.75) is 44.2 Å². The Bertz CT molecular complexity index is 715. The van der Waals surface area contributed by atoms with E-state index in [2.05, 4.69) is 10.00 Å². The zero-order valence-electron chi connectivity index (χ0n) is 13.6. The SMILES string of the molecule is O=C(C1CC1c1cccc(F)c1)N1CCCCC1Cn1cccn1. The van der Waals surface area contributed by atoms with Gasteiger partial charge in [-0.3, -0.25) is 9.48 Å². The molecule has 126 valence electrons. The third-order valence-corrected chi connectivity index (χ3v) is 5.25. The predicted molar refractivity (Wildman–Crippen MR) is 88.8 cm³/mol. The van der Waals surface area contributed by atoms with E-state index >= 15 is 0 Å². The first-order valence-corrected chi connectivity index (χ1v) is 8.76. The molecule has 1 saturated carbocycles. The Balaban J connectivity index is 1.45. The summed E-state index contributed by atoms with van der Waals surface area (Å²) in [5, 5.41) is 4.27. The molecule has 4 nitrogen and oxygen atoms in total. The Labute approximate surface area is 141 Å². The molecule has 1 saturated heterocycles. The molecule has 0 bridgehead atoms. The molecule has 0 radical (unpaired) electrons. The predicted octanol–water partition coefficient (Wildman–Crippen LogP) is 3.21. The monoisotopic (exact) mass is 327 g/mol. The highest BCUT2D eigenvalue weighted by atomic mass is 19.1. The van der Waals surface area contributed by atoms with Crippen molar-refractivity contribution in [2.75, 3.05) is 6.54 Å². The Morgan fingerprint density at radius 2 is 2.21 bits per heavy atom. The van der Waals surface area contributed by atoms with E-state index in [1.807, 2.05) is 23.0 Å². The van der Waals surface area contributed by atoms with Crippen LogP contribution in [0.3, 0.4) is 0 Å². The Morgan fingerprint density at radius 1 is 1.29 bits per heavy atom. The molecule has 2 aromatic rings. The number of carbonyl (C=O) groups is 1. The fourth-order valence-electron chi connectivity index (χ4n) is 3.89. The summed E-state index contributed by atoms with van der Waals surface area (Å²) in [5.74, 6) is 0.215. The number of hydrogen-bond donors (Lipinski definition) is 0. The van der Waals surface area contributed by atoms with Crippen molar-refractivity contribution in [3.05, 3.63) is 54.1 Å². The highest BCUT2D eigenvalue weighted by molar-refractivity contribution is 5.83. The second-order valence-electron chi connectivity index (χ2n) is 6.91. The molecule has 1 aromatic heterocycles. The van der Waals surface area contributed by atoms with Crippen LogP contribution in [0.15, 0.2) is 42.7 Å². The van der Waals surface area contributed by atoms with Gasteiger partial charge in [0.05, 0.1) is 12.6 Å². The van der Waals surface area contributed by atoms with Crippen LogP contribution in [0, 0.1) is 11.7 Å². The van der Waals surface area contributed by atoms with Crippen LogP contribution in [-0.2, 0) is 11.3 Å².